The molecule has 0 fully saturated rings. The summed E-state index contributed by atoms with van der Waals surface area (Å²) in [5, 5.41) is 7.10. The van der Waals surface area contributed by atoms with Gasteiger partial charge in [-0.1, -0.05) is 35.0 Å². The van der Waals surface area contributed by atoms with Crippen molar-refractivity contribution in [1.29, 1.82) is 0 Å². The van der Waals surface area contributed by atoms with Gasteiger partial charge in [-0.3, -0.25) is 0 Å². The normalized spacial score (nSPS) is 13.2. The Morgan fingerprint density at radius 3 is 2.59 bits per heavy atom. The SMILES string of the molecule is Cc1ccc(-c2noc(CCN[C@H](C)CS(C)(=O)=O)n2)cc1. The van der Waals surface area contributed by atoms with Gasteiger partial charge in [-0.2, -0.15) is 4.98 Å². The van der Waals surface area contributed by atoms with E-state index in [0.717, 1.165) is 5.56 Å². The van der Waals surface area contributed by atoms with Crippen molar-refractivity contribution in [3.05, 3.63) is 35.7 Å². The number of hydrogen-bond donors (Lipinski definition) is 1. The second-order valence-corrected chi connectivity index (χ2v) is 7.76. The number of aryl methyl sites for hydroxylation is 1. The Hall–Kier alpha value is -1.73. The highest BCUT2D eigenvalue weighted by Crippen LogP contribution is 2.16. The Kier molecular flexibility index (Phi) is 5.31. The molecule has 0 aliphatic carbocycles. The highest BCUT2D eigenvalue weighted by Gasteiger charge is 2.11. The van der Waals surface area contributed by atoms with Crippen LogP contribution in [-0.4, -0.2) is 43.2 Å². The third-order valence-corrected chi connectivity index (χ3v) is 4.27. The third kappa shape index (κ3) is 5.23. The summed E-state index contributed by atoms with van der Waals surface area (Å²) in [5.41, 5.74) is 2.09. The minimum Gasteiger partial charge on any atom is -0.339 e. The van der Waals surface area contributed by atoms with E-state index in [2.05, 4.69) is 15.5 Å². The van der Waals surface area contributed by atoms with Crippen LogP contribution >= 0.6 is 0 Å². The van der Waals surface area contributed by atoms with E-state index >= 15 is 0 Å². The van der Waals surface area contributed by atoms with Gasteiger partial charge in [0.2, 0.25) is 11.7 Å². The van der Waals surface area contributed by atoms with Gasteiger partial charge in [0.15, 0.2) is 0 Å². The first-order valence-corrected chi connectivity index (χ1v) is 9.20. The smallest absolute Gasteiger partial charge is 0.228 e. The molecule has 0 amide bonds. The van der Waals surface area contributed by atoms with Gasteiger partial charge in [-0.25, -0.2) is 8.42 Å². The zero-order valence-electron chi connectivity index (χ0n) is 13.0. The molecule has 7 heteroatoms. The maximum atomic E-state index is 11.2. The molecule has 0 unspecified atom stereocenters. The van der Waals surface area contributed by atoms with Crippen molar-refractivity contribution in [3.8, 4) is 11.4 Å². The highest BCUT2D eigenvalue weighted by molar-refractivity contribution is 7.90. The van der Waals surface area contributed by atoms with Gasteiger partial charge >= 0.3 is 0 Å². The van der Waals surface area contributed by atoms with Crippen molar-refractivity contribution in [2.24, 2.45) is 0 Å². The average molecular weight is 323 g/mol. The number of rotatable bonds is 7. The minimum absolute atomic E-state index is 0.102. The van der Waals surface area contributed by atoms with Crippen molar-refractivity contribution in [2.75, 3.05) is 18.6 Å². The van der Waals surface area contributed by atoms with Crippen molar-refractivity contribution in [3.63, 3.8) is 0 Å². The lowest BCUT2D eigenvalue weighted by Crippen LogP contribution is -2.34. The lowest BCUT2D eigenvalue weighted by Gasteiger charge is -2.11. The lowest BCUT2D eigenvalue weighted by atomic mass is 10.1. The van der Waals surface area contributed by atoms with Crippen LogP contribution in [0.25, 0.3) is 11.4 Å². The fourth-order valence-corrected chi connectivity index (χ4v) is 3.14. The van der Waals surface area contributed by atoms with Gasteiger partial charge in [0.05, 0.1) is 5.75 Å². The molecular weight excluding hydrogens is 302 g/mol. The summed E-state index contributed by atoms with van der Waals surface area (Å²) in [7, 11) is -2.97. The number of benzene rings is 1. The van der Waals surface area contributed by atoms with Crippen LogP contribution < -0.4 is 5.32 Å². The van der Waals surface area contributed by atoms with Gasteiger partial charge in [0.25, 0.3) is 0 Å². The Morgan fingerprint density at radius 1 is 1.27 bits per heavy atom. The topological polar surface area (TPSA) is 85.1 Å². The molecule has 120 valence electrons. The lowest BCUT2D eigenvalue weighted by molar-refractivity contribution is 0.374. The number of nitrogens with zero attached hydrogens (tertiary/aromatic N) is 2. The monoisotopic (exact) mass is 323 g/mol. The van der Waals surface area contributed by atoms with Crippen molar-refractivity contribution < 1.29 is 12.9 Å². The van der Waals surface area contributed by atoms with Crippen molar-refractivity contribution in [2.45, 2.75) is 26.3 Å². The van der Waals surface area contributed by atoms with E-state index in [-0.39, 0.29) is 11.8 Å². The molecule has 1 N–H and O–H groups in total. The van der Waals surface area contributed by atoms with Gasteiger partial charge in [-0.15, -0.1) is 0 Å². The molecular formula is C15H21N3O3S. The summed E-state index contributed by atoms with van der Waals surface area (Å²) in [4.78, 5) is 4.35. The van der Waals surface area contributed by atoms with E-state index < -0.39 is 9.84 Å². The van der Waals surface area contributed by atoms with Gasteiger partial charge < -0.3 is 9.84 Å². The first-order valence-electron chi connectivity index (χ1n) is 7.14. The standard InChI is InChI=1S/C15H21N3O3S/c1-11-4-6-13(7-5-11)15-17-14(21-18-15)8-9-16-12(2)10-22(3,19)20/h4-7,12,16H,8-10H2,1-3H3/t12-/m1/s1. The Bertz CT molecular complexity index is 708. The predicted octanol–water partition coefficient (Wildman–Crippen LogP) is 1.61. The average Bonchev–Trinajstić information content (AvgIpc) is 2.86. The zero-order valence-corrected chi connectivity index (χ0v) is 13.9. The van der Waals surface area contributed by atoms with Crippen LogP contribution in [0.1, 0.15) is 18.4 Å². The summed E-state index contributed by atoms with van der Waals surface area (Å²) < 4.78 is 27.6. The fraction of sp³-hybridized carbons (Fsp3) is 0.467. The summed E-state index contributed by atoms with van der Waals surface area (Å²) in [5.74, 6) is 1.22. The summed E-state index contributed by atoms with van der Waals surface area (Å²) in [6, 6.07) is 7.81. The molecule has 0 aliphatic heterocycles. The molecule has 1 heterocycles. The van der Waals surface area contributed by atoms with Crippen LogP contribution in [0.4, 0.5) is 0 Å². The predicted molar refractivity (Wildman–Crippen MR) is 85.4 cm³/mol. The number of nitrogens with one attached hydrogen (secondary N) is 1. The fourth-order valence-electron chi connectivity index (χ4n) is 2.11. The summed E-state index contributed by atoms with van der Waals surface area (Å²) >= 11 is 0. The Morgan fingerprint density at radius 2 is 1.95 bits per heavy atom. The molecule has 0 bridgehead atoms. The maximum absolute atomic E-state index is 11.2. The molecule has 1 aromatic carbocycles. The molecule has 0 aliphatic rings. The molecule has 0 saturated heterocycles. The minimum atomic E-state index is -2.97. The first kappa shape index (κ1) is 16.6. The quantitative estimate of drug-likeness (QED) is 0.833. The van der Waals surface area contributed by atoms with Crippen LogP contribution in [0, 0.1) is 6.92 Å². The second kappa shape index (κ2) is 7.02. The molecule has 0 spiro atoms. The van der Waals surface area contributed by atoms with Gasteiger partial charge in [0.1, 0.15) is 9.84 Å². The third-order valence-electron chi connectivity index (χ3n) is 3.16. The Balaban J connectivity index is 1.86. The van der Waals surface area contributed by atoms with Gasteiger partial charge in [-0.05, 0) is 13.8 Å². The summed E-state index contributed by atoms with van der Waals surface area (Å²) in [6.07, 6.45) is 1.80. The molecule has 0 radical (unpaired) electrons. The van der Waals surface area contributed by atoms with E-state index in [1.54, 1.807) is 0 Å². The van der Waals surface area contributed by atoms with E-state index in [4.69, 9.17) is 4.52 Å². The van der Waals surface area contributed by atoms with E-state index in [1.165, 1.54) is 11.8 Å². The van der Waals surface area contributed by atoms with Crippen LogP contribution in [0.3, 0.4) is 0 Å². The number of hydrogen-bond acceptors (Lipinski definition) is 6. The largest absolute Gasteiger partial charge is 0.339 e. The van der Waals surface area contributed by atoms with E-state index in [9.17, 15) is 8.42 Å². The van der Waals surface area contributed by atoms with Crippen LogP contribution in [-0.2, 0) is 16.3 Å². The maximum Gasteiger partial charge on any atom is 0.228 e. The highest BCUT2D eigenvalue weighted by atomic mass is 32.2. The zero-order chi connectivity index (χ0) is 16.2. The number of aromatic nitrogens is 2. The molecule has 2 aromatic rings. The van der Waals surface area contributed by atoms with Crippen molar-refractivity contribution in [1.82, 2.24) is 15.5 Å². The summed E-state index contributed by atoms with van der Waals surface area (Å²) in [6.45, 7) is 4.45. The van der Waals surface area contributed by atoms with Crippen LogP contribution in [0.5, 0.6) is 0 Å². The second-order valence-electron chi connectivity index (χ2n) is 5.58. The first-order chi connectivity index (χ1) is 10.3. The molecule has 1 aromatic heterocycles. The van der Waals surface area contributed by atoms with Crippen molar-refractivity contribution >= 4 is 9.84 Å². The van der Waals surface area contributed by atoms with E-state index in [1.807, 2.05) is 38.1 Å². The Labute approximate surface area is 130 Å². The molecule has 2 rings (SSSR count). The van der Waals surface area contributed by atoms with Crippen LogP contribution in [0.15, 0.2) is 28.8 Å². The molecule has 0 saturated carbocycles. The molecule has 22 heavy (non-hydrogen) atoms. The van der Waals surface area contributed by atoms with E-state index in [0.29, 0.717) is 24.7 Å². The van der Waals surface area contributed by atoms with Gasteiger partial charge in [0, 0.05) is 30.8 Å². The van der Waals surface area contributed by atoms with Crippen LogP contribution in [0.2, 0.25) is 0 Å². The molecule has 6 nitrogen and oxygen atoms in total. The number of sulfone groups is 1. The molecule has 1 atom stereocenters.